The molecule has 0 spiro atoms. The number of thiophene rings is 1. The highest BCUT2D eigenvalue weighted by atomic mass is 32.2. The third-order valence-electron chi connectivity index (χ3n) is 2.32. The van der Waals surface area contributed by atoms with Crippen LogP contribution in [0.1, 0.15) is 24.0 Å². The van der Waals surface area contributed by atoms with Gasteiger partial charge in [0.25, 0.3) is 0 Å². The largest absolute Gasteiger partial charge is 0.247 e. The van der Waals surface area contributed by atoms with E-state index in [1.165, 1.54) is 16.9 Å². The summed E-state index contributed by atoms with van der Waals surface area (Å²) in [4.78, 5) is 0. The van der Waals surface area contributed by atoms with E-state index in [9.17, 15) is 8.42 Å². The van der Waals surface area contributed by atoms with Crippen LogP contribution in [0, 0.1) is 0 Å². The van der Waals surface area contributed by atoms with Gasteiger partial charge in [0, 0.05) is 0 Å². The van der Waals surface area contributed by atoms with Crippen LogP contribution in [0.4, 0.5) is 0 Å². The quantitative estimate of drug-likeness (QED) is 0.770. The van der Waals surface area contributed by atoms with E-state index in [1.54, 1.807) is 0 Å². The molecule has 5 heteroatoms. The number of primary sulfonamides is 1. The maximum Gasteiger partial charge on any atom is 0.247 e. The molecule has 1 aliphatic carbocycles. The molecule has 1 aromatic rings. The normalized spacial score (nSPS) is 17.0. The van der Waals surface area contributed by atoms with Crippen LogP contribution >= 0.6 is 11.3 Å². The van der Waals surface area contributed by atoms with Crippen molar-refractivity contribution in [3.63, 3.8) is 0 Å². The van der Waals surface area contributed by atoms with Crippen molar-refractivity contribution in [1.29, 1.82) is 0 Å². The van der Waals surface area contributed by atoms with Gasteiger partial charge >= 0.3 is 0 Å². The number of rotatable bonds is 1. The second-order valence-corrected chi connectivity index (χ2v) is 5.92. The first-order valence-electron chi connectivity index (χ1n) is 4.21. The summed E-state index contributed by atoms with van der Waals surface area (Å²) in [5, 5.41) is 7.03. The van der Waals surface area contributed by atoms with Gasteiger partial charge in [-0.15, -0.1) is 11.3 Å². The number of aryl methyl sites for hydroxylation is 1. The highest BCUT2D eigenvalue weighted by molar-refractivity contribution is 7.91. The van der Waals surface area contributed by atoms with Gasteiger partial charge in [0.05, 0.1) is 0 Å². The minimum absolute atomic E-state index is 0.377. The smallest absolute Gasteiger partial charge is 0.224 e. The van der Waals surface area contributed by atoms with Gasteiger partial charge in [-0.1, -0.05) is 0 Å². The topological polar surface area (TPSA) is 60.2 Å². The van der Waals surface area contributed by atoms with Gasteiger partial charge in [-0.25, -0.2) is 13.6 Å². The van der Waals surface area contributed by atoms with Crippen LogP contribution < -0.4 is 5.14 Å². The minimum atomic E-state index is -3.48. The molecule has 0 saturated heterocycles. The predicted octanol–water partition coefficient (Wildman–Crippen LogP) is 1.27. The van der Waals surface area contributed by atoms with E-state index in [0.29, 0.717) is 4.21 Å². The predicted molar refractivity (Wildman–Crippen MR) is 52.3 cm³/mol. The summed E-state index contributed by atoms with van der Waals surface area (Å²) in [7, 11) is -3.48. The van der Waals surface area contributed by atoms with E-state index in [4.69, 9.17) is 5.14 Å². The van der Waals surface area contributed by atoms with Crippen molar-refractivity contribution in [2.75, 3.05) is 0 Å². The maximum absolute atomic E-state index is 11.2. The summed E-state index contributed by atoms with van der Waals surface area (Å²) in [6.07, 6.45) is 4.10. The lowest BCUT2D eigenvalue weighted by molar-refractivity contribution is 0.596. The molecule has 0 amide bonds. The van der Waals surface area contributed by atoms with Crippen LogP contribution in [0.15, 0.2) is 9.59 Å². The standard InChI is InChI=1S/C8H11NO2S2/c9-13(10,11)8-7-4-2-1-3-6(7)5-12-8/h5H,1-4H2,(H2,9,10,11). The summed E-state index contributed by atoms with van der Waals surface area (Å²) in [6.45, 7) is 0. The Morgan fingerprint density at radius 3 is 2.69 bits per heavy atom. The van der Waals surface area contributed by atoms with Crippen molar-refractivity contribution in [3.8, 4) is 0 Å². The molecule has 0 atom stereocenters. The van der Waals surface area contributed by atoms with E-state index in [-0.39, 0.29) is 0 Å². The fraction of sp³-hybridized carbons (Fsp3) is 0.500. The zero-order valence-electron chi connectivity index (χ0n) is 7.12. The Labute approximate surface area is 81.6 Å². The third kappa shape index (κ3) is 1.63. The second kappa shape index (κ2) is 3.08. The van der Waals surface area contributed by atoms with Gasteiger partial charge in [-0.3, -0.25) is 0 Å². The number of sulfonamides is 1. The molecule has 1 heterocycles. The van der Waals surface area contributed by atoms with Crippen LogP contribution in [0.2, 0.25) is 0 Å². The van der Waals surface area contributed by atoms with Gasteiger partial charge in [-0.05, 0) is 42.2 Å². The molecule has 0 aliphatic heterocycles. The van der Waals surface area contributed by atoms with E-state index < -0.39 is 10.0 Å². The summed E-state index contributed by atoms with van der Waals surface area (Å²) in [5.41, 5.74) is 2.15. The van der Waals surface area contributed by atoms with E-state index in [2.05, 4.69) is 0 Å². The Kier molecular flexibility index (Phi) is 2.17. The Hall–Kier alpha value is -0.390. The Morgan fingerprint density at radius 2 is 2.00 bits per heavy atom. The Balaban J connectivity index is 2.55. The molecule has 3 nitrogen and oxygen atoms in total. The van der Waals surface area contributed by atoms with Crippen molar-refractivity contribution in [1.82, 2.24) is 0 Å². The molecule has 0 radical (unpaired) electrons. The molecule has 0 fully saturated rings. The average molecular weight is 217 g/mol. The number of hydrogen-bond acceptors (Lipinski definition) is 3. The van der Waals surface area contributed by atoms with Crippen LogP contribution in [-0.4, -0.2) is 8.42 Å². The molecule has 0 saturated carbocycles. The molecule has 0 aromatic carbocycles. The van der Waals surface area contributed by atoms with E-state index >= 15 is 0 Å². The monoisotopic (exact) mass is 217 g/mol. The van der Waals surface area contributed by atoms with Gasteiger partial charge < -0.3 is 0 Å². The lowest BCUT2D eigenvalue weighted by Crippen LogP contribution is -2.14. The molecule has 72 valence electrons. The third-order valence-corrected chi connectivity index (χ3v) is 4.94. The Morgan fingerprint density at radius 1 is 1.31 bits per heavy atom. The molecule has 1 aromatic heterocycles. The van der Waals surface area contributed by atoms with Gasteiger partial charge in [0.2, 0.25) is 10.0 Å². The minimum Gasteiger partial charge on any atom is -0.224 e. The first kappa shape index (κ1) is 9.18. The summed E-state index contributed by atoms with van der Waals surface area (Å²) >= 11 is 1.26. The van der Waals surface area contributed by atoms with Crippen LogP contribution in [0.3, 0.4) is 0 Å². The fourth-order valence-corrected chi connectivity index (χ4v) is 3.87. The molecule has 1 aliphatic rings. The average Bonchev–Trinajstić information content (AvgIpc) is 2.45. The van der Waals surface area contributed by atoms with E-state index in [0.717, 1.165) is 31.2 Å². The van der Waals surface area contributed by atoms with Crippen molar-refractivity contribution in [2.45, 2.75) is 29.9 Å². The summed E-state index contributed by atoms with van der Waals surface area (Å²) in [6, 6.07) is 0. The highest BCUT2D eigenvalue weighted by Gasteiger charge is 2.21. The van der Waals surface area contributed by atoms with Crippen molar-refractivity contribution in [3.05, 3.63) is 16.5 Å². The summed E-state index contributed by atoms with van der Waals surface area (Å²) < 4.78 is 22.7. The first-order valence-corrected chi connectivity index (χ1v) is 6.63. The lowest BCUT2D eigenvalue weighted by Gasteiger charge is -2.11. The van der Waals surface area contributed by atoms with Crippen LogP contribution in [-0.2, 0) is 22.9 Å². The molecule has 0 unspecified atom stereocenters. The lowest BCUT2D eigenvalue weighted by atomic mass is 9.96. The van der Waals surface area contributed by atoms with Gasteiger partial charge in [0.1, 0.15) is 4.21 Å². The Bertz CT molecular complexity index is 419. The molecule has 2 rings (SSSR count). The second-order valence-electron chi connectivity index (χ2n) is 3.28. The molecule has 2 N–H and O–H groups in total. The highest BCUT2D eigenvalue weighted by Crippen LogP contribution is 2.31. The van der Waals surface area contributed by atoms with Crippen molar-refractivity contribution >= 4 is 21.4 Å². The number of hydrogen-bond donors (Lipinski definition) is 1. The SMILES string of the molecule is NS(=O)(=O)c1scc2c1CCCC2. The summed E-state index contributed by atoms with van der Waals surface area (Å²) in [5.74, 6) is 0. The van der Waals surface area contributed by atoms with Gasteiger partial charge in [0.15, 0.2) is 0 Å². The molecular weight excluding hydrogens is 206 g/mol. The number of nitrogens with two attached hydrogens (primary N) is 1. The zero-order chi connectivity index (χ0) is 9.47. The molecule has 13 heavy (non-hydrogen) atoms. The van der Waals surface area contributed by atoms with Gasteiger partial charge in [-0.2, -0.15) is 0 Å². The van der Waals surface area contributed by atoms with Crippen molar-refractivity contribution in [2.24, 2.45) is 5.14 Å². The zero-order valence-corrected chi connectivity index (χ0v) is 8.75. The maximum atomic E-state index is 11.2. The van der Waals surface area contributed by atoms with Crippen LogP contribution in [0.5, 0.6) is 0 Å². The number of fused-ring (bicyclic) bond motifs is 1. The van der Waals surface area contributed by atoms with Crippen molar-refractivity contribution < 1.29 is 8.42 Å². The van der Waals surface area contributed by atoms with E-state index in [1.807, 2.05) is 5.38 Å². The first-order chi connectivity index (χ1) is 6.09. The fourth-order valence-electron chi connectivity index (χ4n) is 1.73. The molecular formula is C8H11NO2S2. The molecule has 0 bridgehead atoms. The van der Waals surface area contributed by atoms with Crippen LogP contribution in [0.25, 0.3) is 0 Å².